The van der Waals surface area contributed by atoms with Crippen LogP contribution in [0.2, 0.25) is 0 Å². The molecular weight excluding hydrogens is 210 g/mol. The third kappa shape index (κ3) is 0.852. The quantitative estimate of drug-likeness (QED) is 0.678. The van der Waals surface area contributed by atoms with Crippen LogP contribution in [0, 0.1) is 11.8 Å². The third-order valence-electron chi connectivity index (χ3n) is 5.48. The van der Waals surface area contributed by atoms with Gasteiger partial charge in [0.15, 0.2) is 0 Å². The molecule has 2 aliphatic carbocycles. The largest absolute Gasteiger partial charge is 0.370 e. The van der Waals surface area contributed by atoms with E-state index in [1.54, 1.807) is 0 Å². The summed E-state index contributed by atoms with van der Waals surface area (Å²) in [4.78, 5) is 14.7. The van der Waals surface area contributed by atoms with Crippen LogP contribution in [0.4, 0.5) is 5.69 Å². The van der Waals surface area contributed by atoms with Gasteiger partial charge in [-0.05, 0) is 24.5 Å². The molecule has 1 aliphatic heterocycles. The average Bonchev–Trinajstić information content (AvgIpc) is 2.88. The van der Waals surface area contributed by atoms with Gasteiger partial charge in [-0.2, -0.15) is 0 Å². The van der Waals surface area contributed by atoms with E-state index in [1.807, 2.05) is 0 Å². The first-order chi connectivity index (χ1) is 8.15. The molecule has 0 spiro atoms. The van der Waals surface area contributed by atoms with E-state index in [1.165, 1.54) is 11.3 Å². The van der Waals surface area contributed by atoms with Crippen LogP contribution in [-0.4, -0.2) is 18.9 Å². The molecule has 2 unspecified atom stereocenters. The molecule has 2 heteroatoms. The van der Waals surface area contributed by atoms with Crippen molar-refractivity contribution in [2.75, 3.05) is 11.9 Å². The zero-order valence-electron chi connectivity index (χ0n) is 10.3. The molecule has 0 N–H and O–H groups in total. The second kappa shape index (κ2) is 2.74. The highest BCUT2D eigenvalue weighted by Gasteiger charge is 2.66. The number of anilines is 1. The van der Waals surface area contributed by atoms with Gasteiger partial charge in [-0.25, -0.2) is 0 Å². The third-order valence-corrected chi connectivity index (χ3v) is 5.48. The van der Waals surface area contributed by atoms with E-state index in [0.29, 0.717) is 11.8 Å². The zero-order chi connectivity index (χ0) is 11.8. The lowest BCUT2D eigenvalue weighted by Gasteiger charge is -2.37. The minimum Gasteiger partial charge on any atom is -0.370 e. The van der Waals surface area contributed by atoms with Gasteiger partial charge in [-0.1, -0.05) is 25.1 Å². The van der Waals surface area contributed by atoms with Crippen LogP contribution in [0.3, 0.4) is 0 Å². The SMILES string of the molecule is CN1c2ccccc2[C@]2(C)C3CCC(C3=O)[C@H]12. The monoisotopic (exact) mass is 227 g/mol. The summed E-state index contributed by atoms with van der Waals surface area (Å²) in [5.74, 6) is 1.07. The summed E-state index contributed by atoms with van der Waals surface area (Å²) in [6.07, 6.45) is 2.20. The maximum Gasteiger partial charge on any atom is 0.142 e. The molecule has 0 radical (unpaired) electrons. The first kappa shape index (κ1) is 9.69. The van der Waals surface area contributed by atoms with E-state index < -0.39 is 0 Å². The van der Waals surface area contributed by atoms with Crippen molar-refractivity contribution >= 4 is 11.5 Å². The molecule has 1 aromatic carbocycles. The number of benzene rings is 1. The van der Waals surface area contributed by atoms with Gasteiger partial charge in [0.25, 0.3) is 0 Å². The Bertz CT molecular complexity index is 523. The Morgan fingerprint density at radius 2 is 2.06 bits per heavy atom. The molecular formula is C15H17NO. The lowest BCUT2D eigenvalue weighted by molar-refractivity contribution is -0.121. The molecule has 4 rings (SSSR count). The van der Waals surface area contributed by atoms with E-state index in [4.69, 9.17) is 0 Å². The smallest absolute Gasteiger partial charge is 0.142 e. The van der Waals surface area contributed by atoms with Crippen molar-refractivity contribution in [3.8, 4) is 0 Å². The van der Waals surface area contributed by atoms with Crippen molar-refractivity contribution < 1.29 is 4.79 Å². The Morgan fingerprint density at radius 1 is 1.29 bits per heavy atom. The van der Waals surface area contributed by atoms with Gasteiger partial charge in [0, 0.05) is 36.0 Å². The van der Waals surface area contributed by atoms with Crippen molar-refractivity contribution in [2.24, 2.45) is 11.8 Å². The minimum atomic E-state index is 0.0747. The van der Waals surface area contributed by atoms with Gasteiger partial charge >= 0.3 is 0 Å². The Balaban J connectivity index is 1.99. The van der Waals surface area contributed by atoms with Crippen LogP contribution in [0.5, 0.6) is 0 Å². The highest BCUT2D eigenvalue weighted by atomic mass is 16.1. The maximum atomic E-state index is 12.3. The van der Waals surface area contributed by atoms with Crippen molar-refractivity contribution in [2.45, 2.75) is 31.2 Å². The van der Waals surface area contributed by atoms with Gasteiger partial charge in [0.05, 0.1) is 0 Å². The number of likely N-dealkylation sites (N-methyl/N-ethyl adjacent to an activating group) is 1. The van der Waals surface area contributed by atoms with E-state index in [2.05, 4.69) is 43.1 Å². The Hall–Kier alpha value is -1.31. The molecule has 1 heterocycles. The van der Waals surface area contributed by atoms with Crippen molar-refractivity contribution in [1.82, 2.24) is 0 Å². The minimum absolute atomic E-state index is 0.0747. The summed E-state index contributed by atoms with van der Waals surface area (Å²) in [5, 5.41) is 0. The topological polar surface area (TPSA) is 20.3 Å². The number of carbonyl (C=O) groups is 1. The fourth-order valence-corrected chi connectivity index (χ4v) is 4.83. The lowest BCUT2D eigenvalue weighted by Crippen LogP contribution is -2.45. The first-order valence-electron chi connectivity index (χ1n) is 6.52. The number of hydrogen-bond donors (Lipinski definition) is 0. The number of fused-ring (bicyclic) bond motifs is 7. The van der Waals surface area contributed by atoms with E-state index in [0.717, 1.165) is 12.8 Å². The molecule has 0 saturated heterocycles. The molecule has 0 aromatic heterocycles. The summed E-state index contributed by atoms with van der Waals surface area (Å²) < 4.78 is 0. The number of rotatable bonds is 0. The number of nitrogens with zero attached hydrogens (tertiary/aromatic N) is 1. The van der Waals surface area contributed by atoms with Gasteiger partial charge in [0.2, 0.25) is 0 Å². The van der Waals surface area contributed by atoms with Crippen LogP contribution in [0.1, 0.15) is 25.3 Å². The molecule has 2 fully saturated rings. The number of para-hydroxylation sites is 1. The first-order valence-corrected chi connectivity index (χ1v) is 6.52. The normalized spacial score (nSPS) is 41.9. The summed E-state index contributed by atoms with van der Waals surface area (Å²) >= 11 is 0. The number of hydrogen-bond acceptors (Lipinski definition) is 2. The molecule has 1 aromatic rings. The summed E-state index contributed by atoms with van der Waals surface area (Å²) in [6.45, 7) is 2.31. The van der Waals surface area contributed by atoms with Crippen LogP contribution >= 0.6 is 0 Å². The van der Waals surface area contributed by atoms with Gasteiger partial charge < -0.3 is 4.90 Å². The highest BCUT2D eigenvalue weighted by molar-refractivity contribution is 5.94. The van der Waals surface area contributed by atoms with Crippen molar-refractivity contribution in [3.05, 3.63) is 29.8 Å². The fraction of sp³-hybridized carbons (Fsp3) is 0.533. The Morgan fingerprint density at radius 3 is 2.88 bits per heavy atom. The fourth-order valence-electron chi connectivity index (χ4n) is 4.83. The second-order valence-electron chi connectivity index (χ2n) is 5.99. The summed E-state index contributed by atoms with van der Waals surface area (Å²) in [7, 11) is 2.16. The molecule has 2 bridgehead atoms. The van der Waals surface area contributed by atoms with Gasteiger partial charge in [0.1, 0.15) is 5.78 Å². The number of ketones is 1. The Labute approximate surface area is 102 Å². The predicted octanol–water partition coefficient (Wildman–Crippen LogP) is 2.37. The van der Waals surface area contributed by atoms with Crippen molar-refractivity contribution in [1.29, 1.82) is 0 Å². The van der Waals surface area contributed by atoms with Crippen LogP contribution in [0.25, 0.3) is 0 Å². The van der Waals surface area contributed by atoms with E-state index >= 15 is 0 Å². The van der Waals surface area contributed by atoms with Crippen LogP contribution in [0.15, 0.2) is 24.3 Å². The standard InChI is InChI=1S/C15H17NO/c1-15-10-5-3-4-6-12(10)16(2)14(15)9-7-8-11(15)13(9)17/h3-6,9,11,14H,7-8H2,1-2H3/t9?,11?,14-,15+/m0/s1. The van der Waals surface area contributed by atoms with Crippen molar-refractivity contribution in [3.63, 3.8) is 0 Å². The summed E-state index contributed by atoms with van der Waals surface area (Å²) in [6, 6.07) is 9.04. The molecule has 17 heavy (non-hydrogen) atoms. The second-order valence-corrected chi connectivity index (χ2v) is 5.99. The highest BCUT2D eigenvalue weighted by Crippen LogP contribution is 2.61. The van der Waals surface area contributed by atoms with Crippen LogP contribution < -0.4 is 4.90 Å². The Kier molecular flexibility index (Phi) is 1.56. The zero-order valence-corrected chi connectivity index (χ0v) is 10.3. The number of carbonyl (C=O) groups excluding carboxylic acids is 1. The van der Waals surface area contributed by atoms with Crippen LogP contribution in [-0.2, 0) is 10.2 Å². The molecule has 4 atom stereocenters. The molecule has 2 saturated carbocycles. The average molecular weight is 227 g/mol. The van der Waals surface area contributed by atoms with E-state index in [9.17, 15) is 4.79 Å². The summed E-state index contributed by atoms with van der Waals surface area (Å²) in [5.41, 5.74) is 2.81. The van der Waals surface area contributed by atoms with Gasteiger partial charge in [-0.3, -0.25) is 4.79 Å². The molecule has 0 amide bonds. The predicted molar refractivity (Wildman–Crippen MR) is 67.2 cm³/mol. The number of Topliss-reactive ketones (excluding diaryl/α,β-unsaturated/α-hetero) is 1. The lowest BCUT2D eigenvalue weighted by atomic mass is 9.69. The molecule has 3 aliphatic rings. The molecule has 2 nitrogen and oxygen atoms in total. The molecule has 88 valence electrons. The van der Waals surface area contributed by atoms with Gasteiger partial charge in [-0.15, -0.1) is 0 Å². The van der Waals surface area contributed by atoms with E-state index in [-0.39, 0.29) is 17.3 Å². The maximum absolute atomic E-state index is 12.3.